The monoisotopic (exact) mass is 302 g/mol. The molecule has 23 heavy (non-hydrogen) atoms. The van der Waals surface area contributed by atoms with Crippen LogP contribution in [0.1, 0.15) is 35.1 Å². The highest BCUT2D eigenvalue weighted by atomic mass is 16.5. The van der Waals surface area contributed by atoms with Gasteiger partial charge in [0.2, 0.25) is 0 Å². The Kier molecular flexibility index (Phi) is 3.31. The van der Waals surface area contributed by atoms with E-state index in [-0.39, 0.29) is 6.04 Å². The van der Waals surface area contributed by atoms with Gasteiger partial charge in [-0.2, -0.15) is 5.26 Å². The molecular weight excluding hydrogens is 284 g/mol. The van der Waals surface area contributed by atoms with Crippen LogP contribution in [0.4, 0.5) is 5.69 Å². The Balaban J connectivity index is 1.86. The summed E-state index contributed by atoms with van der Waals surface area (Å²) in [6, 6.07) is 16.6. The summed E-state index contributed by atoms with van der Waals surface area (Å²) in [7, 11) is 1.71. The second-order valence-electron chi connectivity index (χ2n) is 6.10. The molecule has 0 radical (unpaired) electrons. The first-order valence-electron chi connectivity index (χ1n) is 7.92. The van der Waals surface area contributed by atoms with Gasteiger partial charge in [-0.1, -0.05) is 42.5 Å². The third-order valence-corrected chi connectivity index (χ3v) is 4.99. The highest BCUT2D eigenvalue weighted by Crippen LogP contribution is 2.51. The molecule has 3 heteroatoms. The molecule has 2 aromatic carbocycles. The third-order valence-electron chi connectivity index (χ3n) is 4.99. The van der Waals surface area contributed by atoms with E-state index < -0.39 is 0 Å². The maximum absolute atomic E-state index is 9.46. The van der Waals surface area contributed by atoms with Crippen molar-refractivity contribution in [2.45, 2.75) is 18.4 Å². The predicted molar refractivity (Wildman–Crippen MR) is 90.5 cm³/mol. The van der Waals surface area contributed by atoms with Crippen molar-refractivity contribution < 1.29 is 4.74 Å². The van der Waals surface area contributed by atoms with E-state index in [1.165, 1.54) is 5.56 Å². The largest absolute Gasteiger partial charge is 0.496 e. The van der Waals surface area contributed by atoms with E-state index in [9.17, 15) is 5.26 Å². The number of rotatable bonds is 2. The lowest BCUT2D eigenvalue weighted by Gasteiger charge is -2.38. The lowest BCUT2D eigenvalue weighted by Crippen LogP contribution is -2.29. The summed E-state index contributed by atoms with van der Waals surface area (Å²) in [5.41, 5.74) is 4.07. The van der Waals surface area contributed by atoms with Crippen LogP contribution in [-0.4, -0.2) is 7.11 Å². The molecule has 1 aliphatic heterocycles. The van der Waals surface area contributed by atoms with Crippen LogP contribution in [0.5, 0.6) is 5.75 Å². The molecule has 3 unspecified atom stereocenters. The van der Waals surface area contributed by atoms with Crippen LogP contribution in [-0.2, 0) is 0 Å². The van der Waals surface area contributed by atoms with Crippen LogP contribution in [0.3, 0.4) is 0 Å². The molecule has 2 aromatic rings. The number of fused-ring (bicyclic) bond motifs is 3. The first kappa shape index (κ1) is 13.9. The molecule has 3 atom stereocenters. The summed E-state index contributed by atoms with van der Waals surface area (Å²) in [5.74, 6) is 1.70. The Bertz CT molecular complexity index is 819. The van der Waals surface area contributed by atoms with Crippen molar-refractivity contribution in [1.29, 1.82) is 5.26 Å². The number of nitriles is 1. The van der Waals surface area contributed by atoms with E-state index in [4.69, 9.17) is 4.74 Å². The standard InChI is InChI=1S/C20H18N2O/c1-23-18-11-3-2-7-17(18)20-16-10-5-8-14(16)15-9-4-6-13(12-21)19(15)22-20/h2-9,11,14,16,20,22H,10H2,1H3. The topological polar surface area (TPSA) is 45.0 Å². The number of hydrogen-bond donors (Lipinski definition) is 1. The fourth-order valence-electron chi connectivity index (χ4n) is 3.95. The fourth-order valence-corrected chi connectivity index (χ4v) is 3.95. The molecule has 1 aliphatic carbocycles. The average Bonchev–Trinajstić information content (AvgIpc) is 3.10. The summed E-state index contributed by atoms with van der Waals surface area (Å²) < 4.78 is 5.57. The second-order valence-corrected chi connectivity index (χ2v) is 6.10. The van der Waals surface area contributed by atoms with Crippen LogP contribution < -0.4 is 10.1 Å². The zero-order chi connectivity index (χ0) is 15.8. The fraction of sp³-hybridized carbons (Fsp3) is 0.250. The van der Waals surface area contributed by atoms with Gasteiger partial charge >= 0.3 is 0 Å². The zero-order valence-corrected chi connectivity index (χ0v) is 13.0. The predicted octanol–water partition coefficient (Wildman–Crippen LogP) is 4.39. The van der Waals surface area contributed by atoms with E-state index in [1.54, 1.807) is 7.11 Å². The molecule has 0 bridgehead atoms. The van der Waals surface area contributed by atoms with Crippen molar-refractivity contribution in [3.63, 3.8) is 0 Å². The number of ether oxygens (including phenoxy) is 1. The van der Waals surface area contributed by atoms with Crippen LogP contribution in [0, 0.1) is 17.2 Å². The smallest absolute Gasteiger partial charge is 0.124 e. The van der Waals surface area contributed by atoms with Crippen molar-refractivity contribution >= 4 is 5.69 Å². The molecule has 1 heterocycles. The maximum Gasteiger partial charge on any atom is 0.124 e. The summed E-state index contributed by atoms with van der Waals surface area (Å²) in [5, 5.41) is 13.1. The Labute approximate surface area is 136 Å². The minimum Gasteiger partial charge on any atom is -0.496 e. The lowest BCUT2D eigenvalue weighted by molar-refractivity contribution is 0.381. The Hall–Kier alpha value is -2.73. The summed E-state index contributed by atoms with van der Waals surface area (Å²) in [6.07, 6.45) is 5.58. The lowest BCUT2D eigenvalue weighted by atomic mass is 9.76. The molecule has 1 N–H and O–H groups in total. The Morgan fingerprint density at radius 3 is 2.78 bits per heavy atom. The highest BCUT2D eigenvalue weighted by Gasteiger charge is 2.39. The van der Waals surface area contributed by atoms with Gasteiger partial charge in [0.15, 0.2) is 0 Å². The van der Waals surface area contributed by atoms with E-state index in [1.807, 2.05) is 30.3 Å². The number of para-hydroxylation sites is 2. The summed E-state index contributed by atoms with van der Waals surface area (Å²) in [6.45, 7) is 0. The Morgan fingerprint density at radius 2 is 1.96 bits per heavy atom. The molecule has 0 fully saturated rings. The number of nitrogens with one attached hydrogen (secondary N) is 1. The van der Waals surface area contributed by atoms with Crippen molar-refractivity contribution in [1.82, 2.24) is 0 Å². The molecule has 2 aliphatic rings. The third kappa shape index (κ3) is 2.10. The zero-order valence-electron chi connectivity index (χ0n) is 13.0. The van der Waals surface area contributed by atoms with Gasteiger partial charge in [-0.15, -0.1) is 0 Å². The first-order chi connectivity index (χ1) is 11.3. The van der Waals surface area contributed by atoms with E-state index >= 15 is 0 Å². The van der Waals surface area contributed by atoms with Crippen LogP contribution >= 0.6 is 0 Å². The van der Waals surface area contributed by atoms with Gasteiger partial charge in [-0.25, -0.2) is 0 Å². The molecule has 114 valence electrons. The molecule has 3 nitrogen and oxygen atoms in total. The molecule has 0 saturated heterocycles. The minimum absolute atomic E-state index is 0.146. The van der Waals surface area contributed by atoms with E-state index in [0.29, 0.717) is 17.4 Å². The maximum atomic E-state index is 9.46. The number of hydrogen-bond acceptors (Lipinski definition) is 3. The molecular formula is C20H18N2O. The Morgan fingerprint density at radius 1 is 1.13 bits per heavy atom. The number of nitrogens with zero attached hydrogens (tertiary/aromatic N) is 1. The van der Waals surface area contributed by atoms with Crippen LogP contribution in [0.2, 0.25) is 0 Å². The molecule has 0 spiro atoms. The SMILES string of the molecule is COc1ccccc1C1Nc2c(C#N)cccc2C2C=CCC21. The normalized spacial score (nSPS) is 24.3. The van der Waals surface area contributed by atoms with Crippen molar-refractivity contribution in [2.24, 2.45) is 5.92 Å². The number of anilines is 1. The summed E-state index contributed by atoms with van der Waals surface area (Å²) >= 11 is 0. The van der Waals surface area contributed by atoms with Gasteiger partial charge in [-0.05, 0) is 30.0 Å². The molecule has 0 amide bonds. The molecule has 0 aromatic heterocycles. The first-order valence-corrected chi connectivity index (χ1v) is 7.92. The van der Waals surface area contributed by atoms with Crippen molar-refractivity contribution in [3.05, 3.63) is 71.3 Å². The molecule has 0 saturated carbocycles. The van der Waals surface area contributed by atoms with Crippen LogP contribution in [0.25, 0.3) is 0 Å². The minimum atomic E-state index is 0.146. The van der Waals surface area contributed by atoms with Gasteiger partial charge in [0.25, 0.3) is 0 Å². The van der Waals surface area contributed by atoms with Gasteiger partial charge < -0.3 is 10.1 Å². The van der Waals surface area contributed by atoms with E-state index in [0.717, 1.165) is 23.4 Å². The quantitative estimate of drug-likeness (QED) is 0.837. The number of allylic oxidation sites excluding steroid dienone is 2. The van der Waals surface area contributed by atoms with Gasteiger partial charge in [0.05, 0.1) is 24.4 Å². The number of benzene rings is 2. The second kappa shape index (κ2) is 5.48. The van der Waals surface area contributed by atoms with Gasteiger partial charge in [-0.3, -0.25) is 0 Å². The van der Waals surface area contributed by atoms with Crippen molar-refractivity contribution in [2.75, 3.05) is 12.4 Å². The van der Waals surface area contributed by atoms with Gasteiger partial charge in [0, 0.05) is 11.5 Å². The summed E-state index contributed by atoms with van der Waals surface area (Å²) in [4.78, 5) is 0. The van der Waals surface area contributed by atoms with Crippen LogP contribution in [0.15, 0.2) is 54.6 Å². The highest BCUT2D eigenvalue weighted by molar-refractivity contribution is 5.68. The average molecular weight is 302 g/mol. The van der Waals surface area contributed by atoms with E-state index in [2.05, 4.69) is 35.7 Å². The number of methoxy groups -OCH3 is 1. The van der Waals surface area contributed by atoms with Gasteiger partial charge in [0.1, 0.15) is 11.8 Å². The van der Waals surface area contributed by atoms with Crippen molar-refractivity contribution in [3.8, 4) is 11.8 Å². The molecule has 4 rings (SSSR count).